The van der Waals surface area contributed by atoms with Crippen LogP contribution < -0.4 is 5.73 Å². The number of benzene rings is 2. The molecule has 0 unspecified atom stereocenters. The molecule has 0 fully saturated rings. The molecule has 2 N–H and O–H groups in total. The first-order valence-electron chi connectivity index (χ1n) is 4.96. The van der Waals surface area contributed by atoms with Gasteiger partial charge in [0.1, 0.15) is 0 Å². The van der Waals surface area contributed by atoms with Crippen LogP contribution in [-0.4, -0.2) is 0 Å². The second-order valence-corrected chi connectivity index (χ2v) is 4.65. The minimum absolute atomic E-state index is 0.303. The number of anilines is 1. The number of halogens is 5. The normalized spacial score (nSPS) is 10.8. The van der Waals surface area contributed by atoms with Gasteiger partial charge in [0.15, 0.2) is 23.3 Å². The number of nitrogen functional groups attached to an aromatic ring is 1. The third-order valence-electron chi connectivity index (χ3n) is 2.27. The Bertz CT molecular complexity index is 598. The molecule has 19 heavy (non-hydrogen) atoms. The van der Waals surface area contributed by atoms with Crippen LogP contribution in [0.15, 0.2) is 34.1 Å². The van der Waals surface area contributed by atoms with Gasteiger partial charge in [-0.15, -0.1) is 0 Å². The van der Waals surface area contributed by atoms with Gasteiger partial charge in [0.25, 0.3) is 0 Å². The highest BCUT2D eigenvalue weighted by Gasteiger charge is 2.26. The molecular weight excluding hydrogens is 285 g/mol. The molecule has 2 aromatic rings. The van der Waals surface area contributed by atoms with E-state index in [1.807, 2.05) is 0 Å². The van der Waals surface area contributed by atoms with Crippen molar-refractivity contribution in [2.45, 2.75) is 9.79 Å². The van der Waals surface area contributed by atoms with Crippen molar-refractivity contribution in [3.63, 3.8) is 0 Å². The second-order valence-electron chi connectivity index (χ2n) is 3.57. The Labute approximate surface area is 109 Å². The first-order chi connectivity index (χ1) is 8.91. The summed E-state index contributed by atoms with van der Waals surface area (Å²) in [5, 5.41) is 0. The van der Waals surface area contributed by atoms with Gasteiger partial charge in [0.05, 0.1) is 4.90 Å². The van der Waals surface area contributed by atoms with E-state index in [2.05, 4.69) is 0 Å². The molecule has 0 bridgehead atoms. The van der Waals surface area contributed by atoms with Crippen LogP contribution in [0.2, 0.25) is 0 Å². The van der Waals surface area contributed by atoms with Crippen molar-refractivity contribution in [2.75, 3.05) is 5.73 Å². The molecule has 2 aromatic carbocycles. The Hall–Kier alpha value is -1.76. The highest BCUT2D eigenvalue weighted by Crippen LogP contribution is 2.35. The maximum absolute atomic E-state index is 13.4. The summed E-state index contributed by atoms with van der Waals surface area (Å²) in [5.74, 6) is -9.79. The fourth-order valence-corrected chi connectivity index (χ4v) is 2.19. The first-order valence-corrected chi connectivity index (χ1v) is 5.78. The molecule has 0 spiro atoms. The average Bonchev–Trinajstić information content (AvgIpc) is 2.41. The summed E-state index contributed by atoms with van der Waals surface area (Å²) < 4.78 is 65.6. The number of nitrogens with two attached hydrogens (primary N) is 1. The zero-order valence-corrected chi connectivity index (χ0v) is 10.0. The van der Waals surface area contributed by atoms with Crippen molar-refractivity contribution < 1.29 is 22.0 Å². The molecule has 0 aliphatic rings. The van der Waals surface area contributed by atoms with Crippen molar-refractivity contribution >= 4 is 17.4 Å². The van der Waals surface area contributed by atoms with E-state index in [-0.39, 0.29) is 0 Å². The zero-order valence-electron chi connectivity index (χ0n) is 9.18. The lowest BCUT2D eigenvalue weighted by Crippen LogP contribution is -2.03. The molecule has 0 aliphatic carbocycles. The van der Waals surface area contributed by atoms with E-state index >= 15 is 0 Å². The molecule has 2 rings (SSSR count). The highest BCUT2D eigenvalue weighted by atomic mass is 32.2. The number of hydrogen-bond donors (Lipinski definition) is 1. The van der Waals surface area contributed by atoms with E-state index in [1.54, 1.807) is 0 Å². The Kier molecular flexibility index (Phi) is 3.66. The molecule has 0 aromatic heterocycles. The molecule has 1 nitrogen and oxygen atoms in total. The summed E-state index contributed by atoms with van der Waals surface area (Å²) in [6.45, 7) is 0. The fraction of sp³-hybridized carbons (Fsp3) is 0. The van der Waals surface area contributed by atoms with Crippen molar-refractivity contribution in [3.05, 3.63) is 53.4 Å². The maximum atomic E-state index is 13.4. The van der Waals surface area contributed by atoms with E-state index in [0.29, 0.717) is 22.3 Å². The average molecular weight is 291 g/mol. The Morgan fingerprint density at radius 3 is 1.58 bits per heavy atom. The lowest BCUT2D eigenvalue weighted by molar-refractivity contribution is 0.361. The van der Waals surface area contributed by atoms with Crippen LogP contribution in [0.25, 0.3) is 0 Å². The summed E-state index contributed by atoms with van der Waals surface area (Å²) in [6.07, 6.45) is 0. The SMILES string of the molecule is Nc1ccc(Sc2c(F)c(F)c(F)c(F)c2F)cc1. The van der Waals surface area contributed by atoms with Gasteiger partial charge in [-0.3, -0.25) is 0 Å². The van der Waals surface area contributed by atoms with Crippen LogP contribution >= 0.6 is 11.8 Å². The lowest BCUT2D eigenvalue weighted by Gasteiger charge is -2.07. The monoisotopic (exact) mass is 291 g/mol. The zero-order chi connectivity index (χ0) is 14.2. The van der Waals surface area contributed by atoms with Crippen molar-refractivity contribution in [3.8, 4) is 0 Å². The Morgan fingerprint density at radius 2 is 1.11 bits per heavy atom. The molecule has 0 heterocycles. The predicted octanol–water partition coefficient (Wildman–Crippen LogP) is 4.12. The van der Waals surface area contributed by atoms with Gasteiger partial charge in [-0.2, -0.15) is 0 Å². The molecule has 0 atom stereocenters. The third kappa shape index (κ3) is 2.51. The van der Waals surface area contributed by atoms with Crippen LogP contribution in [0.5, 0.6) is 0 Å². The number of rotatable bonds is 2. The third-order valence-corrected chi connectivity index (χ3v) is 3.34. The minimum Gasteiger partial charge on any atom is -0.399 e. The summed E-state index contributed by atoms with van der Waals surface area (Å²) in [5.41, 5.74) is 5.84. The Balaban J connectivity index is 2.48. The lowest BCUT2D eigenvalue weighted by atomic mass is 10.3. The second kappa shape index (κ2) is 5.08. The van der Waals surface area contributed by atoms with Gasteiger partial charge in [0, 0.05) is 10.6 Å². The summed E-state index contributed by atoms with van der Waals surface area (Å²) >= 11 is 0.434. The standard InChI is InChI=1S/C12H6F5NS/c13-7-8(14)10(16)12(11(17)9(7)15)19-6-3-1-5(18)2-4-6/h1-4H,18H2. The summed E-state index contributed by atoms with van der Waals surface area (Å²) in [4.78, 5) is -0.640. The van der Waals surface area contributed by atoms with Gasteiger partial charge in [-0.25, -0.2) is 22.0 Å². The summed E-state index contributed by atoms with van der Waals surface area (Å²) in [6, 6.07) is 5.73. The van der Waals surface area contributed by atoms with E-state index in [1.165, 1.54) is 24.3 Å². The number of hydrogen-bond acceptors (Lipinski definition) is 2. The van der Waals surface area contributed by atoms with E-state index < -0.39 is 34.0 Å². The van der Waals surface area contributed by atoms with Crippen LogP contribution in [0.1, 0.15) is 0 Å². The van der Waals surface area contributed by atoms with Gasteiger partial charge < -0.3 is 5.73 Å². The van der Waals surface area contributed by atoms with Crippen LogP contribution in [0.3, 0.4) is 0 Å². The molecule has 0 saturated heterocycles. The molecule has 0 amide bonds. The summed E-state index contributed by atoms with van der Waals surface area (Å²) in [7, 11) is 0. The van der Waals surface area contributed by atoms with Crippen molar-refractivity contribution in [1.29, 1.82) is 0 Å². The van der Waals surface area contributed by atoms with Gasteiger partial charge in [-0.1, -0.05) is 11.8 Å². The molecular formula is C12H6F5NS. The highest BCUT2D eigenvalue weighted by molar-refractivity contribution is 7.99. The smallest absolute Gasteiger partial charge is 0.200 e. The molecule has 100 valence electrons. The van der Waals surface area contributed by atoms with Gasteiger partial charge >= 0.3 is 0 Å². The van der Waals surface area contributed by atoms with E-state index in [9.17, 15) is 22.0 Å². The van der Waals surface area contributed by atoms with Crippen molar-refractivity contribution in [2.24, 2.45) is 0 Å². The van der Waals surface area contributed by atoms with E-state index in [4.69, 9.17) is 5.73 Å². The quantitative estimate of drug-likeness (QED) is 0.390. The van der Waals surface area contributed by atoms with Crippen LogP contribution in [0.4, 0.5) is 27.6 Å². The fourth-order valence-electron chi connectivity index (χ4n) is 1.33. The Morgan fingerprint density at radius 1 is 0.684 bits per heavy atom. The van der Waals surface area contributed by atoms with Crippen molar-refractivity contribution in [1.82, 2.24) is 0 Å². The molecule has 0 saturated carbocycles. The predicted molar refractivity (Wildman–Crippen MR) is 61.2 cm³/mol. The van der Waals surface area contributed by atoms with Crippen LogP contribution in [0, 0.1) is 29.1 Å². The van der Waals surface area contributed by atoms with Crippen LogP contribution in [-0.2, 0) is 0 Å². The minimum atomic E-state index is -2.17. The van der Waals surface area contributed by atoms with Gasteiger partial charge in [0.2, 0.25) is 5.82 Å². The van der Waals surface area contributed by atoms with Gasteiger partial charge in [-0.05, 0) is 24.3 Å². The molecule has 0 radical (unpaired) electrons. The van der Waals surface area contributed by atoms with E-state index in [0.717, 1.165) is 0 Å². The molecule has 0 aliphatic heterocycles. The largest absolute Gasteiger partial charge is 0.399 e. The topological polar surface area (TPSA) is 26.0 Å². The maximum Gasteiger partial charge on any atom is 0.200 e. The first kappa shape index (κ1) is 13.7. The molecule has 7 heteroatoms.